The number of hydrogen-bond donors (Lipinski definition) is 0. The van der Waals surface area contributed by atoms with Crippen molar-refractivity contribution in [2.75, 3.05) is 39.9 Å². The van der Waals surface area contributed by atoms with Gasteiger partial charge in [-0.15, -0.1) is 0 Å². The Morgan fingerprint density at radius 3 is 2.28 bits per heavy atom. The van der Waals surface area contributed by atoms with E-state index in [9.17, 15) is 14.0 Å². The summed E-state index contributed by atoms with van der Waals surface area (Å²) in [4.78, 5) is 28.9. The van der Waals surface area contributed by atoms with E-state index in [0.29, 0.717) is 36.6 Å². The summed E-state index contributed by atoms with van der Waals surface area (Å²) in [5, 5.41) is 0. The lowest BCUT2D eigenvalue weighted by Crippen LogP contribution is -2.41. The quantitative estimate of drug-likeness (QED) is 0.681. The minimum Gasteiger partial charge on any atom is -0.494 e. The summed E-state index contributed by atoms with van der Waals surface area (Å²) in [6.07, 6.45) is 3.98. The molecule has 2 heterocycles. The number of rotatable bonds is 6. The Labute approximate surface area is 187 Å². The molecule has 1 atom stereocenters. The second-order valence-electron chi connectivity index (χ2n) is 8.44. The summed E-state index contributed by atoms with van der Waals surface area (Å²) < 4.78 is 24.9. The topological polar surface area (TPSA) is 59.1 Å². The fraction of sp³-hybridized carbons (Fsp3) is 0.440. The lowest BCUT2D eigenvalue weighted by molar-refractivity contribution is 0.0632. The van der Waals surface area contributed by atoms with Crippen molar-refractivity contribution in [2.45, 2.75) is 25.7 Å². The molecule has 0 bridgehead atoms. The third-order valence-corrected chi connectivity index (χ3v) is 6.19. The molecule has 0 radical (unpaired) electrons. The molecule has 2 aliphatic rings. The van der Waals surface area contributed by atoms with Crippen LogP contribution in [0.15, 0.2) is 42.5 Å². The van der Waals surface area contributed by atoms with Crippen molar-refractivity contribution in [1.29, 1.82) is 0 Å². The maximum absolute atomic E-state index is 14.0. The number of methoxy groups -OCH3 is 1. The van der Waals surface area contributed by atoms with Crippen molar-refractivity contribution in [2.24, 2.45) is 5.92 Å². The maximum Gasteiger partial charge on any atom is 0.253 e. The number of likely N-dealkylation sites (tertiary alicyclic amines) is 2. The number of carbonyl (C=O) groups is 2. The van der Waals surface area contributed by atoms with Crippen LogP contribution in [0, 0.1) is 11.7 Å². The van der Waals surface area contributed by atoms with E-state index in [-0.39, 0.29) is 23.5 Å². The highest BCUT2D eigenvalue weighted by Gasteiger charge is 2.26. The molecular formula is C25H29FN2O4. The molecule has 32 heavy (non-hydrogen) atoms. The summed E-state index contributed by atoms with van der Waals surface area (Å²) in [7, 11) is 1.40. The predicted octanol–water partition coefficient (Wildman–Crippen LogP) is 4.00. The normalized spacial score (nSPS) is 18.5. The van der Waals surface area contributed by atoms with Gasteiger partial charge < -0.3 is 19.3 Å². The van der Waals surface area contributed by atoms with Crippen LogP contribution < -0.4 is 9.47 Å². The van der Waals surface area contributed by atoms with Gasteiger partial charge >= 0.3 is 0 Å². The molecule has 7 heteroatoms. The third kappa shape index (κ3) is 5.03. The van der Waals surface area contributed by atoms with Gasteiger partial charge in [0.15, 0.2) is 11.6 Å². The molecule has 4 rings (SSSR count). The van der Waals surface area contributed by atoms with E-state index in [1.165, 1.54) is 19.2 Å². The van der Waals surface area contributed by atoms with Crippen LogP contribution in [0.1, 0.15) is 46.4 Å². The molecule has 0 aliphatic carbocycles. The summed E-state index contributed by atoms with van der Waals surface area (Å²) in [5.41, 5.74) is 1.00. The first-order valence-corrected chi connectivity index (χ1v) is 11.2. The molecule has 2 aromatic rings. The summed E-state index contributed by atoms with van der Waals surface area (Å²) >= 11 is 0. The number of halogens is 1. The van der Waals surface area contributed by atoms with Crippen molar-refractivity contribution in [3.63, 3.8) is 0 Å². The van der Waals surface area contributed by atoms with E-state index in [0.717, 1.165) is 38.8 Å². The summed E-state index contributed by atoms with van der Waals surface area (Å²) in [6, 6.07) is 11.6. The molecule has 0 saturated carbocycles. The monoisotopic (exact) mass is 440 g/mol. The summed E-state index contributed by atoms with van der Waals surface area (Å²) in [6.45, 7) is 3.36. The highest BCUT2D eigenvalue weighted by molar-refractivity contribution is 5.95. The zero-order chi connectivity index (χ0) is 22.5. The predicted molar refractivity (Wildman–Crippen MR) is 119 cm³/mol. The highest BCUT2D eigenvalue weighted by atomic mass is 19.1. The van der Waals surface area contributed by atoms with Crippen LogP contribution in [0.2, 0.25) is 0 Å². The molecule has 6 nitrogen and oxygen atoms in total. The average molecular weight is 441 g/mol. The van der Waals surface area contributed by atoms with E-state index in [1.807, 2.05) is 29.2 Å². The number of piperidine rings is 1. The van der Waals surface area contributed by atoms with Crippen LogP contribution in [-0.2, 0) is 0 Å². The van der Waals surface area contributed by atoms with Gasteiger partial charge in [-0.2, -0.15) is 0 Å². The Morgan fingerprint density at radius 1 is 0.938 bits per heavy atom. The maximum atomic E-state index is 14.0. The fourth-order valence-electron chi connectivity index (χ4n) is 4.38. The van der Waals surface area contributed by atoms with Crippen LogP contribution in [0.5, 0.6) is 11.5 Å². The molecule has 2 amide bonds. The Morgan fingerprint density at radius 2 is 1.59 bits per heavy atom. The SMILES string of the molecule is COc1ccc(C(=O)N2CCCC(COc3ccc(C(=O)N4CCCC4)cc3)C2)cc1F. The zero-order valence-corrected chi connectivity index (χ0v) is 18.4. The lowest BCUT2D eigenvalue weighted by Gasteiger charge is -2.32. The van der Waals surface area contributed by atoms with Gasteiger partial charge in [0.2, 0.25) is 0 Å². The molecule has 170 valence electrons. The lowest BCUT2D eigenvalue weighted by atomic mass is 9.98. The molecule has 0 aromatic heterocycles. The second kappa shape index (κ2) is 10.0. The van der Waals surface area contributed by atoms with Crippen molar-refractivity contribution in [1.82, 2.24) is 9.80 Å². The van der Waals surface area contributed by atoms with E-state index in [4.69, 9.17) is 9.47 Å². The molecule has 2 saturated heterocycles. The fourth-order valence-corrected chi connectivity index (χ4v) is 4.38. The molecule has 0 N–H and O–H groups in total. The van der Waals surface area contributed by atoms with Gasteiger partial charge in [0.1, 0.15) is 5.75 Å². The largest absolute Gasteiger partial charge is 0.494 e. The first-order valence-electron chi connectivity index (χ1n) is 11.2. The van der Waals surface area contributed by atoms with Gasteiger partial charge in [-0.1, -0.05) is 0 Å². The van der Waals surface area contributed by atoms with E-state index in [1.54, 1.807) is 11.0 Å². The van der Waals surface area contributed by atoms with Crippen LogP contribution in [-0.4, -0.2) is 61.5 Å². The number of ether oxygens (including phenoxy) is 2. The Hall–Kier alpha value is -3.09. The number of nitrogens with zero attached hydrogens (tertiary/aromatic N) is 2. The van der Waals surface area contributed by atoms with Crippen molar-refractivity contribution in [3.05, 3.63) is 59.4 Å². The van der Waals surface area contributed by atoms with Gasteiger partial charge in [0, 0.05) is 43.2 Å². The third-order valence-electron chi connectivity index (χ3n) is 6.19. The minimum atomic E-state index is -0.540. The van der Waals surface area contributed by atoms with Gasteiger partial charge in [0.25, 0.3) is 11.8 Å². The van der Waals surface area contributed by atoms with Crippen LogP contribution in [0.25, 0.3) is 0 Å². The van der Waals surface area contributed by atoms with Crippen LogP contribution in [0.4, 0.5) is 4.39 Å². The zero-order valence-electron chi connectivity index (χ0n) is 18.4. The van der Waals surface area contributed by atoms with E-state index in [2.05, 4.69) is 0 Å². The molecule has 2 fully saturated rings. The molecular weight excluding hydrogens is 411 g/mol. The number of benzene rings is 2. The van der Waals surface area contributed by atoms with Crippen LogP contribution >= 0.6 is 0 Å². The van der Waals surface area contributed by atoms with Gasteiger partial charge in [-0.3, -0.25) is 9.59 Å². The van der Waals surface area contributed by atoms with Crippen molar-refractivity contribution < 1.29 is 23.5 Å². The average Bonchev–Trinajstić information content (AvgIpc) is 3.37. The second-order valence-corrected chi connectivity index (χ2v) is 8.44. The Kier molecular flexibility index (Phi) is 6.93. The smallest absolute Gasteiger partial charge is 0.253 e. The number of hydrogen-bond acceptors (Lipinski definition) is 4. The van der Waals surface area contributed by atoms with Crippen LogP contribution in [0.3, 0.4) is 0 Å². The molecule has 2 aromatic carbocycles. The van der Waals surface area contributed by atoms with E-state index < -0.39 is 5.82 Å². The molecule has 2 aliphatic heterocycles. The van der Waals surface area contributed by atoms with E-state index >= 15 is 0 Å². The van der Waals surface area contributed by atoms with Gasteiger partial charge in [-0.25, -0.2) is 4.39 Å². The van der Waals surface area contributed by atoms with Gasteiger partial charge in [-0.05, 0) is 68.1 Å². The highest BCUT2D eigenvalue weighted by Crippen LogP contribution is 2.23. The first kappa shape index (κ1) is 22.1. The Balaban J connectivity index is 1.31. The number of carbonyl (C=O) groups excluding carboxylic acids is 2. The molecule has 1 unspecified atom stereocenters. The number of amides is 2. The van der Waals surface area contributed by atoms with Crippen molar-refractivity contribution in [3.8, 4) is 11.5 Å². The first-order chi connectivity index (χ1) is 15.5. The van der Waals surface area contributed by atoms with Gasteiger partial charge in [0.05, 0.1) is 13.7 Å². The summed E-state index contributed by atoms with van der Waals surface area (Å²) in [5.74, 6) is 0.387. The molecule has 0 spiro atoms. The standard InChI is InChI=1S/C25H29FN2O4/c1-31-23-11-8-20(15-22(23)26)25(30)28-14-4-5-18(16-28)17-32-21-9-6-19(7-10-21)24(29)27-12-2-3-13-27/h6-11,15,18H,2-5,12-14,16-17H2,1H3. The van der Waals surface area contributed by atoms with Crippen molar-refractivity contribution >= 4 is 11.8 Å². The Bertz CT molecular complexity index is 957. The minimum absolute atomic E-state index is 0.0745.